The molecule has 0 atom stereocenters. The summed E-state index contributed by atoms with van der Waals surface area (Å²) < 4.78 is 37.5. The van der Waals surface area contributed by atoms with Crippen molar-refractivity contribution in [3.8, 4) is 35.5 Å². The van der Waals surface area contributed by atoms with Crippen molar-refractivity contribution >= 4 is 39.8 Å². The molecule has 0 amide bonds. The molecule has 0 aliphatic carbocycles. The molecule has 0 bridgehead atoms. The molecule has 0 aliphatic rings. The van der Waals surface area contributed by atoms with Crippen molar-refractivity contribution in [2.75, 3.05) is 41.3 Å². The Hall–Kier alpha value is -6.54. The van der Waals surface area contributed by atoms with Crippen molar-refractivity contribution in [1.29, 1.82) is 0 Å². The van der Waals surface area contributed by atoms with Gasteiger partial charge in [0.05, 0.1) is 21.3 Å². The van der Waals surface area contributed by atoms with Crippen molar-refractivity contribution in [3.05, 3.63) is 117 Å². The van der Waals surface area contributed by atoms with Gasteiger partial charge in [0, 0.05) is 46.0 Å². The Bertz CT molecular complexity index is 1870. The summed E-state index contributed by atoms with van der Waals surface area (Å²) in [4.78, 5) is 58.2. The first kappa shape index (κ1) is 43.5. The lowest BCUT2D eigenvalue weighted by molar-refractivity contribution is 0.0585. The highest BCUT2D eigenvalue weighted by atomic mass is 79.9. The number of carboxylic acids is 1. The predicted molar refractivity (Wildman–Crippen MR) is 185 cm³/mol. The van der Waals surface area contributed by atoms with E-state index in [0.717, 1.165) is 4.47 Å². The fourth-order valence-electron chi connectivity index (χ4n) is 2.99. The van der Waals surface area contributed by atoms with E-state index in [1.807, 2.05) is 0 Å². The van der Waals surface area contributed by atoms with Crippen LogP contribution in [0.1, 0.15) is 58.6 Å². The molecule has 0 unspecified atom stereocenters. The first-order valence-electron chi connectivity index (χ1n) is 14.2. The van der Waals surface area contributed by atoms with E-state index in [0.29, 0.717) is 22.4 Å². The number of carbonyl (C=O) groups excluding carboxylic acids is 3. The number of alkyl halides is 2. The number of methoxy groups -OCH3 is 3. The molecule has 0 spiro atoms. The molecule has 0 saturated heterocycles. The average Bonchev–Trinajstić information content (AvgIpc) is 3.19. The summed E-state index contributed by atoms with van der Waals surface area (Å²) in [6, 6.07) is 12.4. The van der Waals surface area contributed by atoms with Gasteiger partial charge in [-0.3, -0.25) is 0 Å². The number of aliphatic hydroxyl groups is 1. The Labute approximate surface area is 305 Å². The summed E-state index contributed by atoms with van der Waals surface area (Å²) in [6.07, 6.45) is 5.70. The van der Waals surface area contributed by atoms with Crippen molar-refractivity contribution in [2.45, 2.75) is 0 Å². The molecule has 0 saturated carbocycles. The second-order valence-electron chi connectivity index (χ2n) is 8.77. The van der Waals surface area contributed by atoms with Crippen molar-refractivity contribution in [1.82, 2.24) is 19.9 Å². The van der Waals surface area contributed by atoms with Crippen LogP contribution in [0.3, 0.4) is 0 Å². The number of hydrogen-bond donors (Lipinski definition) is 2. The normalized spacial score (nSPS) is 8.83. The number of aromatic carboxylic acids is 1. The molecule has 4 heterocycles. The average molecular weight is 780 g/mol. The lowest BCUT2D eigenvalue weighted by Gasteiger charge is -1.96. The Morgan fingerprint density at radius 3 is 1.21 bits per heavy atom. The van der Waals surface area contributed by atoms with Gasteiger partial charge in [0.1, 0.15) is 29.4 Å². The van der Waals surface area contributed by atoms with Gasteiger partial charge in [-0.05, 0) is 64.5 Å². The highest BCUT2D eigenvalue weighted by Gasteiger charge is 2.07. The lowest BCUT2D eigenvalue weighted by atomic mass is 10.2. The number of ether oxygens (including phenoxy) is 3. The molecule has 268 valence electrons. The van der Waals surface area contributed by atoms with E-state index < -0.39 is 37.2 Å². The number of hydrogen-bond acceptors (Lipinski definition) is 12. The van der Waals surface area contributed by atoms with Gasteiger partial charge >= 0.3 is 23.9 Å². The standard InChI is InChI=1S/C10H8FNO2.C10H9NO3.C9H6FNO2.C7H6BrNO2/c1-14-10(13)9-5-4-8(7-12-9)3-2-6-11;1-14-10(13)9-5-4-8(7-11-9)3-2-6-12;10-5-1-2-7-3-4-8(9(12)13)11-6-7;1-11-7(10)6-3-2-5(8)4-9-6/h4-5,7H,6H2,1H3;4-5,7,12H,6H2,1H3;3-4,6H,5H2,(H,12,13);2-4H,1H3. The van der Waals surface area contributed by atoms with Gasteiger partial charge in [-0.2, -0.15) is 0 Å². The van der Waals surface area contributed by atoms with Crippen molar-refractivity contribution < 1.29 is 52.4 Å². The second kappa shape index (κ2) is 25.4. The number of carboxylic acid groups (broad SMARTS) is 1. The summed E-state index contributed by atoms with van der Waals surface area (Å²) in [6.45, 7) is -1.61. The number of nitrogens with zero attached hydrogens (tertiary/aromatic N) is 4. The van der Waals surface area contributed by atoms with E-state index >= 15 is 0 Å². The Morgan fingerprint density at radius 1 is 0.596 bits per heavy atom. The number of carbonyl (C=O) groups is 4. The summed E-state index contributed by atoms with van der Waals surface area (Å²) in [5.74, 6) is 12.1. The topological polar surface area (TPSA) is 188 Å². The Balaban J connectivity index is 0.000000348. The zero-order valence-electron chi connectivity index (χ0n) is 27.7. The summed E-state index contributed by atoms with van der Waals surface area (Å²) in [5.41, 5.74) is 2.42. The third-order valence-corrected chi connectivity index (χ3v) is 5.80. The van der Waals surface area contributed by atoms with Crippen LogP contribution in [-0.2, 0) is 14.2 Å². The summed E-state index contributed by atoms with van der Waals surface area (Å²) in [5, 5.41) is 16.9. The molecule has 0 fully saturated rings. The molecule has 0 aromatic carbocycles. The second-order valence-corrected chi connectivity index (χ2v) is 9.68. The number of aromatic nitrogens is 4. The van der Waals surface area contributed by atoms with Crippen LogP contribution in [-0.4, -0.2) is 95.3 Å². The zero-order chi connectivity index (χ0) is 38.7. The van der Waals surface area contributed by atoms with Gasteiger partial charge in [-0.1, -0.05) is 35.5 Å². The van der Waals surface area contributed by atoms with E-state index in [1.165, 1.54) is 64.2 Å². The molecular formula is C36H29BrF2N4O9. The number of pyridine rings is 4. The maximum Gasteiger partial charge on any atom is 0.356 e. The Kier molecular flexibility index (Phi) is 21.3. The van der Waals surface area contributed by atoms with E-state index in [1.54, 1.807) is 30.5 Å². The molecule has 4 aromatic rings. The van der Waals surface area contributed by atoms with Gasteiger partial charge in [0.2, 0.25) is 0 Å². The first-order valence-corrected chi connectivity index (χ1v) is 15.0. The lowest BCUT2D eigenvalue weighted by Crippen LogP contribution is -2.03. The molecule has 13 nitrogen and oxygen atoms in total. The molecule has 4 aromatic heterocycles. The quantitative estimate of drug-likeness (QED) is 0.171. The zero-order valence-corrected chi connectivity index (χ0v) is 29.3. The van der Waals surface area contributed by atoms with Crippen LogP contribution in [0.2, 0.25) is 0 Å². The maximum absolute atomic E-state index is 11.7. The van der Waals surface area contributed by atoms with Gasteiger partial charge < -0.3 is 24.4 Å². The predicted octanol–water partition coefficient (Wildman–Crippen LogP) is 4.13. The summed E-state index contributed by atoms with van der Waals surface area (Å²) >= 11 is 3.20. The highest BCUT2D eigenvalue weighted by Crippen LogP contribution is 2.07. The van der Waals surface area contributed by atoms with Crippen LogP contribution >= 0.6 is 15.9 Å². The molecule has 16 heteroatoms. The monoisotopic (exact) mass is 778 g/mol. The van der Waals surface area contributed by atoms with Crippen LogP contribution in [0.15, 0.2) is 77.8 Å². The number of rotatable bonds is 4. The third-order valence-electron chi connectivity index (χ3n) is 5.33. The largest absolute Gasteiger partial charge is 0.477 e. The van der Waals surface area contributed by atoms with Crippen LogP contribution in [0.4, 0.5) is 8.78 Å². The van der Waals surface area contributed by atoms with E-state index in [4.69, 9.17) is 10.2 Å². The van der Waals surface area contributed by atoms with Crippen LogP contribution in [0.25, 0.3) is 0 Å². The molecule has 0 radical (unpaired) electrons. The molecule has 0 aliphatic heterocycles. The van der Waals surface area contributed by atoms with E-state index in [2.05, 4.69) is 85.6 Å². The van der Waals surface area contributed by atoms with E-state index in [9.17, 15) is 28.0 Å². The summed E-state index contributed by atoms with van der Waals surface area (Å²) in [7, 11) is 3.90. The number of esters is 3. The van der Waals surface area contributed by atoms with Crippen LogP contribution < -0.4 is 0 Å². The molecule has 52 heavy (non-hydrogen) atoms. The molecule has 2 N–H and O–H groups in total. The fourth-order valence-corrected chi connectivity index (χ4v) is 3.23. The van der Waals surface area contributed by atoms with Crippen molar-refractivity contribution in [2.24, 2.45) is 0 Å². The Morgan fingerprint density at radius 2 is 0.942 bits per heavy atom. The van der Waals surface area contributed by atoms with E-state index in [-0.39, 0.29) is 23.7 Å². The van der Waals surface area contributed by atoms with Gasteiger partial charge in [-0.15, -0.1) is 0 Å². The van der Waals surface area contributed by atoms with Gasteiger partial charge in [0.15, 0.2) is 13.3 Å². The minimum atomic E-state index is -1.09. The van der Waals surface area contributed by atoms with Crippen LogP contribution in [0, 0.1) is 35.5 Å². The maximum atomic E-state index is 11.7. The highest BCUT2D eigenvalue weighted by molar-refractivity contribution is 9.10. The number of aliphatic hydroxyl groups excluding tert-OH is 1. The molecular weight excluding hydrogens is 750 g/mol. The van der Waals surface area contributed by atoms with Crippen molar-refractivity contribution in [3.63, 3.8) is 0 Å². The first-order chi connectivity index (χ1) is 25.0. The fraction of sp³-hybridized carbons (Fsp3) is 0.167. The SMILES string of the molecule is COC(=O)c1ccc(Br)cn1.COC(=O)c1ccc(C#CCF)cn1.COC(=O)c1ccc(C#CCO)cn1.O=C(O)c1ccc(C#CCF)cn1. The van der Waals surface area contributed by atoms with Gasteiger partial charge in [-0.25, -0.2) is 47.9 Å². The number of halogens is 3. The third kappa shape index (κ3) is 17.2. The smallest absolute Gasteiger partial charge is 0.356 e. The van der Waals surface area contributed by atoms with Crippen LogP contribution in [0.5, 0.6) is 0 Å². The minimum absolute atomic E-state index is 0.0502. The van der Waals surface area contributed by atoms with Gasteiger partial charge in [0.25, 0.3) is 0 Å². The minimum Gasteiger partial charge on any atom is -0.477 e. The molecule has 4 rings (SSSR count).